The maximum atomic E-state index is 15.6. The second kappa shape index (κ2) is 12.0. The predicted octanol–water partition coefficient (Wildman–Crippen LogP) is 8.00. The van der Waals surface area contributed by atoms with E-state index in [1.165, 1.54) is 30.3 Å². The summed E-state index contributed by atoms with van der Waals surface area (Å²) >= 11 is 0. The maximum absolute atomic E-state index is 15.6. The molecule has 0 amide bonds. The van der Waals surface area contributed by atoms with Gasteiger partial charge < -0.3 is 19.1 Å². The second-order valence-corrected chi connectivity index (χ2v) is 12.0. The minimum atomic E-state index is -4.70. The van der Waals surface area contributed by atoms with Gasteiger partial charge in [-0.15, -0.1) is 0 Å². The average Bonchev–Trinajstić information content (AvgIpc) is 3.54. The van der Waals surface area contributed by atoms with Gasteiger partial charge in [-0.1, -0.05) is 26.0 Å². The molecule has 3 aromatic carbocycles. The normalized spacial score (nSPS) is 16.1. The Hall–Kier alpha value is -4.91. The molecule has 0 spiro atoms. The summed E-state index contributed by atoms with van der Waals surface area (Å²) in [5.41, 5.74) is -0.702. The van der Waals surface area contributed by atoms with Crippen molar-refractivity contribution in [2.45, 2.75) is 39.1 Å². The van der Waals surface area contributed by atoms with Crippen LogP contribution in [0.4, 0.5) is 26.3 Å². The molecule has 1 aliphatic heterocycles. The van der Waals surface area contributed by atoms with Gasteiger partial charge in [0.25, 0.3) is 0 Å². The lowest BCUT2D eigenvalue weighted by atomic mass is 9.87. The van der Waals surface area contributed by atoms with E-state index in [2.05, 4.69) is 9.97 Å². The zero-order chi connectivity index (χ0) is 33.7. The monoisotopic (exact) mass is 655 g/mol. The standard InChI is InChI=1S/C34H27F6N3O4/c1-33(2)17-46-16-29(33)43-28-11-18(32(44)45)7-9-27(28)41-30(43)12-20-10-25(37)22(14-24(20)36)26-4-3-5-31(42-26)47-15-19-6-8-21(13-23(19)35)34(38,39)40/h3-11,13-14,29H,12,15-17H2,1-2H3,(H,44,45). The van der Waals surface area contributed by atoms with E-state index in [1.54, 1.807) is 6.07 Å². The molecule has 3 heterocycles. The van der Waals surface area contributed by atoms with Gasteiger partial charge in [0.15, 0.2) is 0 Å². The van der Waals surface area contributed by atoms with Crippen LogP contribution in [0.1, 0.15) is 52.8 Å². The molecular weight excluding hydrogens is 628 g/mol. The number of carbonyl (C=O) groups is 1. The summed E-state index contributed by atoms with van der Waals surface area (Å²) in [7, 11) is 0. The van der Waals surface area contributed by atoms with Crippen molar-refractivity contribution in [3.63, 3.8) is 0 Å². The number of fused-ring (bicyclic) bond motifs is 1. The van der Waals surface area contributed by atoms with Gasteiger partial charge in [-0.25, -0.2) is 27.9 Å². The van der Waals surface area contributed by atoms with Crippen LogP contribution in [0, 0.1) is 22.9 Å². The molecule has 0 aliphatic carbocycles. The van der Waals surface area contributed by atoms with E-state index in [-0.39, 0.29) is 51.7 Å². The first kappa shape index (κ1) is 32.0. The summed E-state index contributed by atoms with van der Waals surface area (Å²) in [5.74, 6) is -3.43. The molecule has 7 nitrogen and oxygen atoms in total. The topological polar surface area (TPSA) is 86.5 Å². The zero-order valence-electron chi connectivity index (χ0n) is 25.0. The van der Waals surface area contributed by atoms with Crippen molar-refractivity contribution in [2.75, 3.05) is 13.2 Å². The van der Waals surface area contributed by atoms with Gasteiger partial charge in [0.05, 0.1) is 47.1 Å². The van der Waals surface area contributed by atoms with E-state index in [1.807, 2.05) is 18.4 Å². The molecule has 0 saturated carbocycles. The third kappa shape index (κ3) is 6.39. The van der Waals surface area contributed by atoms with Gasteiger partial charge in [-0.2, -0.15) is 13.2 Å². The first-order valence-electron chi connectivity index (χ1n) is 14.5. The van der Waals surface area contributed by atoms with Crippen LogP contribution in [0.5, 0.6) is 5.88 Å². The molecular formula is C34H27F6N3O4. The molecule has 13 heteroatoms. The van der Waals surface area contributed by atoms with Crippen LogP contribution in [-0.4, -0.2) is 38.8 Å². The summed E-state index contributed by atoms with van der Waals surface area (Å²) < 4.78 is 97.0. The molecule has 5 aromatic rings. The van der Waals surface area contributed by atoms with Gasteiger partial charge in [0.1, 0.15) is 29.9 Å². The summed E-state index contributed by atoms with van der Waals surface area (Å²) in [6, 6.07) is 12.6. The highest BCUT2D eigenvalue weighted by Crippen LogP contribution is 2.41. The summed E-state index contributed by atoms with van der Waals surface area (Å²) in [4.78, 5) is 20.6. The van der Waals surface area contributed by atoms with Crippen LogP contribution in [0.2, 0.25) is 0 Å². The molecule has 47 heavy (non-hydrogen) atoms. The predicted molar refractivity (Wildman–Crippen MR) is 158 cm³/mol. The molecule has 1 aliphatic rings. The highest BCUT2D eigenvalue weighted by atomic mass is 19.4. The van der Waals surface area contributed by atoms with Crippen molar-refractivity contribution in [3.05, 3.63) is 112 Å². The van der Waals surface area contributed by atoms with Crippen LogP contribution in [0.3, 0.4) is 0 Å². The third-order valence-corrected chi connectivity index (χ3v) is 8.21. The van der Waals surface area contributed by atoms with Gasteiger partial charge >= 0.3 is 12.1 Å². The molecule has 244 valence electrons. The lowest BCUT2D eigenvalue weighted by Gasteiger charge is -2.28. The fourth-order valence-corrected chi connectivity index (χ4v) is 5.66. The zero-order valence-corrected chi connectivity index (χ0v) is 25.0. The number of aromatic nitrogens is 3. The van der Waals surface area contributed by atoms with E-state index in [9.17, 15) is 27.5 Å². The van der Waals surface area contributed by atoms with Gasteiger partial charge in [-0.3, -0.25) is 0 Å². The van der Waals surface area contributed by atoms with E-state index in [0.717, 1.165) is 24.3 Å². The average molecular weight is 656 g/mol. The van der Waals surface area contributed by atoms with E-state index < -0.39 is 41.8 Å². The van der Waals surface area contributed by atoms with E-state index in [0.29, 0.717) is 36.1 Å². The number of carboxylic acid groups (broad SMARTS) is 1. The quantitative estimate of drug-likeness (QED) is 0.171. The van der Waals surface area contributed by atoms with E-state index in [4.69, 9.17) is 9.47 Å². The Balaban J connectivity index is 1.28. The largest absolute Gasteiger partial charge is 0.478 e. The van der Waals surface area contributed by atoms with Gasteiger partial charge in [0, 0.05) is 29.0 Å². The first-order valence-corrected chi connectivity index (χ1v) is 14.5. The molecule has 6 rings (SSSR count). The maximum Gasteiger partial charge on any atom is 0.416 e. The van der Waals surface area contributed by atoms with Crippen molar-refractivity contribution >= 4 is 17.0 Å². The smallest absolute Gasteiger partial charge is 0.416 e. The molecule has 1 N–H and O–H groups in total. The van der Waals surface area contributed by atoms with Crippen LogP contribution in [0.15, 0.2) is 66.7 Å². The third-order valence-electron chi connectivity index (χ3n) is 8.21. The minimum absolute atomic E-state index is 0.00293. The Labute approximate surface area is 264 Å². The van der Waals surface area contributed by atoms with Crippen molar-refractivity contribution in [3.8, 4) is 17.1 Å². The number of alkyl halides is 3. The summed E-state index contributed by atoms with van der Waals surface area (Å²) in [6.45, 7) is 4.33. The van der Waals surface area contributed by atoms with Crippen LogP contribution < -0.4 is 4.74 Å². The van der Waals surface area contributed by atoms with Crippen molar-refractivity contribution in [2.24, 2.45) is 5.41 Å². The number of carboxylic acids is 1. The van der Waals surface area contributed by atoms with Gasteiger partial charge in [-0.05, 0) is 54.1 Å². The lowest BCUT2D eigenvalue weighted by Crippen LogP contribution is -2.27. The van der Waals surface area contributed by atoms with Crippen molar-refractivity contribution in [1.29, 1.82) is 0 Å². The van der Waals surface area contributed by atoms with Gasteiger partial charge in [0.2, 0.25) is 5.88 Å². The molecule has 1 fully saturated rings. The summed E-state index contributed by atoms with van der Waals surface area (Å²) in [5, 5.41) is 9.57. The number of benzene rings is 3. The number of hydrogen-bond donors (Lipinski definition) is 1. The Morgan fingerprint density at radius 1 is 0.979 bits per heavy atom. The van der Waals surface area contributed by atoms with Crippen LogP contribution >= 0.6 is 0 Å². The molecule has 1 saturated heterocycles. The molecule has 2 aromatic heterocycles. The SMILES string of the molecule is CC1(C)COCC1n1c(Cc2cc(F)c(-c3cccc(OCc4ccc(C(F)(F)F)cc4F)n3)cc2F)nc2ccc(C(=O)O)cc21. The van der Waals surface area contributed by atoms with Crippen molar-refractivity contribution in [1.82, 2.24) is 14.5 Å². The molecule has 0 bridgehead atoms. The highest BCUT2D eigenvalue weighted by Gasteiger charge is 2.39. The fourth-order valence-electron chi connectivity index (χ4n) is 5.66. The number of nitrogens with zero attached hydrogens (tertiary/aromatic N) is 3. The minimum Gasteiger partial charge on any atom is -0.478 e. The molecule has 0 radical (unpaired) electrons. The number of imidazole rings is 1. The Morgan fingerprint density at radius 3 is 2.43 bits per heavy atom. The molecule has 1 unspecified atom stereocenters. The fraction of sp³-hybridized carbons (Fsp3) is 0.265. The lowest BCUT2D eigenvalue weighted by molar-refractivity contribution is -0.137. The number of halogens is 6. The Morgan fingerprint density at radius 2 is 1.74 bits per heavy atom. The number of pyridine rings is 1. The van der Waals surface area contributed by atoms with E-state index >= 15 is 8.78 Å². The Kier molecular flexibility index (Phi) is 8.20. The number of hydrogen-bond acceptors (Lipinski definition) is 5. The van der Waals surface area contributed by atoms with Crippen LogP contribution in [0.25, 0.3) is 22.3 Å². The number of ether oxygens (including phenoxy) is 2. The number of rotatable bonds is 8. The Bertz CT molecular complexity index is 2010. The number of aromatic carboxylic acids is 1. The summed E-state index contributed by atoms with van der Waals surface area (Å²) in [6.07, 6.45) is -4.81. The highest BCUT2D eigenvalue weighted by molar-refractivity contribution is 5.92. The molecule has 1 atom stereocenters. The van der Waals surface area contributed by atoms with Crippen LogP contribution in [-0.2, 0) is 23.9 Å². The first-order chi connectivity index (χ1) is 22.2. The van der Waals surface area contributed by atoms with Crippen molar-refractivity contribution < 1.29 is 45.7 Å². The second-order valence-electron chi connectivity index (χ2n) is 12.0.